The maximum Gasteiger partial charge on any atom is 0.301 e. The number of benzene rings is 3. The van der Waals surface area contributed by atoms with Crippen LogP contribution in [0.1, 0.15) is 49.4 Å². The predicted molar refractivity (Wildman–Crippen MR) is 177 cm³/mol. The summed E-state index contributed by atoms with van der Waals surface area (Å²) in [4.78, 5) is 28.6. The number of carbonyl (C=O) groups excluding carboxylic acids is 2. The second kappa shape index (κ2) is 14.8. The van der Waals surface area contributed by atoms with Gasteiger partial charge in [0, 0.05) is 16.3 Å². The molecule has 45 heavy (non-hydrogen) atoms. The molecular weight excluding hydrogens is 634 g/mol. The molecule has 1 unspecified atom stereocenters. The standard InChI is InChI=1S/C33H32ClN3O6S2/c1-4-6-17-43-25-16-13-21(18-26(25)41-3)28-27(29(38)20-11-14-23(15-12-20)42-5-2)30(39)31(40)37(28)32-35-36-33(45-32)44-19-22-9-7-8-10-24(22)34/h7-16,18,28,38H,4-6,17,19H2,1-3H3/b29-27-. The average molecular weight is 666 g/mol. The van der Waals surface area contributed by atoms with Crippen LogP contribution in [-0.2, 0) is 15.3 Å². The summed E-state index contributed by atoms with van der Waals surface area (Å²) in [6, 6.07) is 18.4. The first-order valence-corrected chi connectivity index (χ1v) is 16.6. The Morgan fingerprint density at radius 2 is 1.80 bits per heavy atom. The molecule has 1 N–H and O–H groups in total. The van der Waals surface area contributed by atoms with Gasteiger partial charge in [0.15, 0.2) is 15.8 Å². The second-order valence-corrected chi connectivity index (χ2v) is 12.6. The molecule has 0 radical (unpaired) electrons. The van der Waals surface area contributed by atoms with Gasteiger partial charge in [-0.2, -0.15) is 0 Å². The Morgan fingerprint density at radius 1 is 1.02 bits per heavy atom. The summed E-state index contributed by atoms with van der Waals surface area (Å²) < 4.78 is 17.7. The number of carbonyl (C=O) groups is 2. The molecule has 12 heteroatoms. The highest BCUT2D eigenvalue weighted by molar-refractivity contribution is 8.00. The van der Waals surface area contributed by atoms with Crippen molar-refractivity contribution in [3.63, 3.8) is 0 Å². The minimum Gasteiger partial charge on any atom is -0.507 e. The number of aliphatic hydroxyl groups excluding tert-OH is 1. The Kier molecular flexibility index (Phi) is 10.6. The van der Waals surface area contributed by atoms with Crippen LogP contribution in [-0.4, -0.2) is 47.3 Å². The predicted octanol–water partition coefficient (Wildman–Crippen LogP) is 7.70. The van der Waals surface area contributed by atoms with E-state index >= 15 is 0 Å². The molecule has 1 atom stereocenters. The number of methoxy groups -OCH3 is 1. The number of ether oxygens (including phenoxy) is 3. The van der Waals surface area contributed by atoms with E-state index in [1.165, 1.54) is 35.1 Å². The molecule has 1 amide bonds. The third kappa shape index (κ3) is 7.11. The van der Waals surface area contributed by atoms with E-state index in [0.717, 1.165) is 18.4 Å². The lowest BCUT2D eigenvalue weighted by Crippen LogP contribution is -2.29. The lowest BCUT2D eigenvalue weighted by Gasteiger charge is -2.23. The van der Waals surface area contributed by atoms with Crippen molar-refractivity contribution < 1.29 is 28.9 Å². The van der Waals surface area contributed by atoms with E-state index in [4.69, 9.17) is 25.8 Å². The number of hydrogen-bond acceptors (Lipinski definition) is 10. The highest BCUT2D eigenvalue weighted by Gasteiger charge is 2.48. The van der Waals surface area contributed by atoms with Crippen LogP contribution in [0.2, 0.25) is 5.02 Å². The van der Waals surface area contributed by atoms with Crippen LogP contribution in [0.5, 0.6) is 17.2 Å². The normalized spacial score (nSPS) is 15.8. The molecule has 9 nitrogen and oxygen atoms in total. The minimum absolute atomic E-state index is 0.0775. The minimum atomic E-state index is -1.01. The van der Waals surface area contributed by atoms with E-state index in [-0.39, 0.29) is 16.5 Å². The van der Waals surface area contributed by atoms with E-state index in [1.807, 2.05) is 31.2 Å². The summed E-state index contributed by atoms with van der Waals surface area (Å²) in [6.45, 7) is 4.95. The summed E-state index contributed by atoms with van der Waals surface area (Å²) in [7, 11) is 1.52. The van der Waals surface area contributed by atoms with Crippen LogP contribution in [0.3, 0.4) is 0 Å². The van der Waals surface area contributed by atoms with Crippen molar-refractivity contribution in [2.75, 3.05) is 25.2 Å². The van der Waals surface area contributed by atoms with Gasteiger partial charge in [0.05, 0.1) is 31.9 Å². The fourth-order valence-electron chi connectivity index (χ4n) is 4.79. The topological polar surface area (TPSA) is 111 Å². The number of amides is 1. The van der Waals surface area contributed by atoms with E-state index in [2.05, 4.69) is 17.1 Å². The lowest BCUT2D eigenvalue weighted by atomic mass is 9.95. The van der Waals surface area contributed by atoms with Crippen LogP contribution in [0, 0.1) is 0 Å². The van der Waals surface area contributed by atoms with Gasteiger partial charge in [-0.15, -0.1) is 10.2 Å². The van der Waals surface area contributed by atoms with Crippen molar-refractivity contribution in [3.8, 4) is 17.2 Å². The Bertz CT molecular complexity index is 1710. The number of aliphatic hydroxyl groups is 1. The first kappa shape index (κ1) is 32.3. The van der Waals surface area contributed by atoms with Crippen molar-refractivity contribution in [1.82, 2.24) is 10.2 Å². The molecule has 0 spiro atoms. The average Bonchev–Trinajstić information content (AvgIpc) is 3.62. The first-order chi connectivity index (χ1) is 21.9. The van der Waals surface area contributed by atoms with Gasteiger partial charge in [-0.05, 0) is 66.9 Å². The van der Waals surface area contributed by atoms with Gasteiger partial charge < -0.3 is 19.3 Å². The number of thioether (sulfide) groups is 1. The number of rotatable bonds is 13. The summed E-state index contributed by atoms with van der Waals surface area (Å²) in [6.07, 6.45) is 1.85. The monoisotopic (exact) mass is 665 g/mol. The molecule has 2 heterocycles. The molecular formula is C33H32ClN3O6S2. The SMILES string of the molecule is CCCCOc1ccc(C2/C(=C(/O)c3ccc(OCC)cc3)C(=O)C(=O)N2c2nnc(SCc3ccccc3Cl)s2)cc1OC. The van der Waals surface area contributed by atoms with Gasteiger partial charge in [0.25, 0.3) is 5.78 Å². The molecule has 3 aromatic carbocycles. The number of anilines is 1. The quantitative estimate of drug-likeness (QED) is 0.0383. The Balaban J connectivity index is 1.55. The molecule has 234 valence electrons. The zero-order chi connectivity index (χ0) is 31.9. The zero-order valence-electron chi connectivity index (χ0n) is 25.0. The second-order valence-electron chi connectivity index (χ2n) is 9.97. The summed E-state index contributed by atoms with van der Waals surface area (Å²) >= 11 is 8.92. The van der Waals surface area contributed by atoms with E-state index in [9.17, 15) is 14.7 Å². The van der Waals surface area contributed by atoms with Crippen molar-refractivity contribution >= 4 is 57.3 Å². The molecule has 0 bridgehead atoms. The van der Waals surface area contributed by atoms with Crippen LogP contribution in [0.15, 0.2) is 76.6 Å². The van der Waals surface area contributed by atoms with Crippen molar-refractivity contribution in [3.05, 3.63) is 94.0 Å². The molecule has 1 aliphatic rings. The Labute approximate surface area is 274 Å². The zero-order valence-corrected chi connectivity index (χ0v) is 27.4. The highest BCUT2D eigenvalue weighted by Crippen LogP contribution is 2.46. The first-order valence-electron chi connectivity index (χ1n) is 14.4. The molecule has 0 saturated carbocycles. The number of halogens is 1. The van der Waals surface area contributed by atoms with Crippen molar-refractivity contribution in [2.45, 2.75) is 42.8 Å². The highest BCUT2D eigenvalue weighted by atomic mass is 35.5. The smallest absolute Gasteiger partial charge is 0.301 e. The number of Topliss-reactive ketones (excluding diaryl/α,β-unsaturated/α-hetero) is 1. The van der Waals surface area contributed by atoms with Gasteiger partial charge in [-0.25, -0.2) is 0 Å². The maximum absolute atomic E-state index is 13.7. The Morgan fingerprint density at radius 3 is 2.51 bits per heavy atom. The van der Waals surface area contributed by atoms with Crippen LogP contribution >= 0.6 is 34.7 Å². The summed E-state index contributed by atoms with van der Waals surface area (Å²) in [5.41, 5.74) is 1.75. The van der Waals surface area contributed by atoms with E-state index in [0.29, 0.717) is 56.7 Å². The molecule has 1 fully saturated rings. The van der Waals surface area contributed by atoms with Gasteiger partial charge >= 0.3 is 5.91 Å². The van der Waals surface area contributed by atoms with Crippen LogP contribution in [0.4, 0.5) is 5.13 Å². The van der Waals surface area contributed by atoms with E-state index in [1.54, 1.807) is 42.5 Å². The summed E-state index contributed by atoms with van der Waals surface area (Å²) in [5.74, 6) is 0.151. The molecule has 5 rings (SSSR count). The number of ketones is 1. The van der Waals surface area contributed by atoms with Crippen molar-refractivity contribution in [2.24, 2.45) is 0 Å². The number of unbranched alkanes of at least 4 members (excludes halogenated alkanes) is 1. The lowest BCUT2D eigenvalue weighted by molar-refractivity contribution is -0.132. The molecule has 1 aromatic heterocycles. The molecule has 4 aromatic rings. The van der Waals surface area contributed by atoms with Crippen LogP contribution < -0.4 is 19.1 Å². The molecule has 1 saturated heterocycles. The van der Waals surface area contributed by atoms with Gasteiger partial charge in [0.1, 0.15) is 11.5 Å². The fourth-order valence-corrected chi connectivity index (χ4v) is 6.94. The third-order valence-corrected chi connectivity index (χ3v) is 9.53. The fraction of sp³-hybridized carbons (Fsp3) is 0.273. The molecule has 1 aliphatic heterocycles. The summed E-state index contributed by atoms with van der Waals surface area (Å²) in [5, 5.41) is 21.0. The number of aromatic nitrogens is 2. The van der Waals surface area contributed by atoms with Gasteiger partial charge in [-0.3, -0.25) is 14.5 Å². The number of hydrogen-bond donors (Lipinski definition) is 1. The number of nitrogens with zero attached hydrogens (tertiary/aromatic N) is 3. The third-order valence-electron chi connectivity index (χ3n) is 7.05. The van der Waals surface area contributed by atoms with E-state index < -0.39 is 17.7 Å². The van der Waals surface area contributed by atoms with Gasteiger partial charge in [-0.1, -0.05) is 72.3 Å². The largest absolute Gasteiger partial charge is 0.507 e. The van der Waals surface area contributed by atoms with Crippen molar-refractivity contribution in [1.29, 1.82) is 0 Å². The van der Waals surface area contributed by atoms with Crippen LogP contribution in [0.25, 0.3) is 5.76 Å². The molecule has 0 aliphatic carbocycles. The van der Waals surface area contributed by atoms with Gasteiger partial charge in [0.2, 0.25) is 5.13 Å². The Hall–Kier alpha value is -4.06. The maximum atomic E-state index is 13.7.